The molecule has 0 amide bonds. The fraction of sp³-hybridized carbons (Fsp3) is 1.00. The molecule has 12 heavy (non-hydrogen) atoms. The minimum atomic E-state index is -0.961. The quantitative estimate of drug-likeness (QED) is 0.648. The first-order chi connectivity index (χ1) is 5.36. The molecule has 2 N–H and O–H groups in total. The minimum absolute atomic E-state index is 0.106. The molecular formula is C10H20FN. The Morgan fingerprint density at radius 3 is 1.92 bits per heavy atom. The lowest BCUT2D eigenvalue weighted by atomic mass is 9.71. The van der Waals surface area contributed by atoms with E-state index >= 15 is 0 Å². The number of halogens is 1. The van der Waals surface area contributed by atoms with Gasteiger partial charge in [-0.2, -0.15) is 0 Å². The van der Waals surface area contributed by atoms with Crippen molar-refractivity contribution in [3.8, 4) is 0 Å². The molecule has 0 heterocycles. The third kappa shape index (κ3) is 1.98. The Balaban J connectivity index is 2.55. The van der Waals surface area contributed by atoms with E-state index in [-0.39, 0.29) is 5.54 Å². The second kappa shape index (κ2) is 2.99. The third-order valence-corrected chi connectivity index (χ3v) is 3.37. The molecule has 72 valence electrons. The first-order valence-electron chi connectivity index (χ1n) is 4.84. The topological polar surface area (TPSA) is 26.0 Å². The number of alkyl halides is 1. The molecule has 0 saturated heterocycles. The molecular weight excluding hydrogens is 153 g/mol. The number of hydrogen-bond donors (Lipinski definition) is 1. The molecule has 0 aromatic rings. The first kappa shape index (κ1) is 9.97. The average Bonchev–Trinajstić information content (AvgIpc) is 1.96. The van der Waals surface area contributed by atoms with Crippen LogP contribution in [-0.4, -0.2) is 11.2 Å². The van der Waals surface area contributed by atoms with Gasteiger partial charge in [0, 0.05) is 5.54 Å². The fourth-order valence-corrected chi connectivity index (χ4v) is 1.81. The summed E-state index contributed by atoms with van der Waals surface area (Å²) in [4.78, 5) is 0. The molecule has 1 saturated carbocycles. The lowest BCUT2D eigenvalue weighted by Gasteiger charge is -2.41. The van der Waals surface area contributed by atoms with E-state index in [4.69, 9.17) is 5.73 Å². The Hall–Kier alpha value is -0.110. The summed E-state index contributed by atoms with van der Waals surface area (Å²) < 4.78 is 13.4. The van der Waals surface area contributed by atoms with Gasteiger partial charge in [0.15, 0.2) is 0 Å². The Labute approximate surface area is 74.5 Å². The van der Waals surface area contributed by atoms with Gasteiger partial charge in [-0.05, 0) is 38.5 Å². The van der Waals surface area contributed by atoms with E-state index < -0.39 is 5.67 Å². The molecule has 0 atom stereocenters. The number of rotatable bonds is 1. The van der Waals surface area contributed by atoms with Crippen LogP contribution < -0.4 is 5.73 Å². The summed E-state index contributed by atoms with van der Waals surface area (Å²) in [7, 11) is 0. The molecule has 0 radical (unpaired) electrons. The van der Waals surface area contributed by atoms with Crippen LogP contribution in [-0.2, 0) is 0 Å². The lowest BCUT2D eigenvalue weighted by Crippen LogP contribution is -2.50. The molecule has 0 unspecified atom stereocenters. The van der Waals surface area contributed by atoms with Gasteiger partial charge in [0.25, 0.3) is 0 Å². The van der Waals surface area contributed by atoms with Gasteiger partial charge >= 0.3 is 0 Å². The zero-order valence-corrected chi connectivity index (χ0v) is 8.36. The van der Waals surface area contributed by atoms with Crippen molar-refractivity contribution in [3.05, 3.63) is 0 Å². The molecule has 1 aliphatic rings. The second-order valence-electron chi connectivity index (χ2n) is 4.80. The normalized spacial score (nSPS) is 43.5. The number of nitrogens with two attached hydrogens (primary N) is 1. The van der Waals surface area contributed by atoms with Crippen molar-refractivity contribution in [2.24, 2.45) is 11.7 Å². The van der Waals surface area contributed by atoms with Crippen molar-refractivity contribution < 1.29 is 4.39 Å². The predicted octanol–water partition coefficient (Wildman–Crippen LogP) is 2.64. The van der Waals surface area contributed by atoms with Crippen LogP contribution in [0.1, 0.15) is 46.5 Å². The van der Waals surface area contributed by atoms with E-state index in [2.05, 4.69) is 13.8 Å². The summed E-state index contributed by atoms with van der Waals surface area (Å²) in [6.45, 7) is 5.94. The molecule has 1 nitrogen and oxygen atoms in total. The van der Waals surface area contributed by atoms with Crippen LogP contribution in [0.25, 0.3) is 0 Å². The fourth-order valence-electron chi connectivity index (χ4n) is 1.81. The number of hydrogen-bond acceptors (Lipinski definition) is 1. The van der Waals surface area contributed by atoms with Crippen molar-refractivity contribution in [2.75, 3.05) is 0 Å². The van der Waals surface area contributed by atoms with Crippen LogP contribution in [0.5, 0.6) is 0 Å². The molecule has 1 rings (SSSR count). The third-order valence-electron chi connectivity index (χ3n) is 3.37. The smallest absolute Gasteiger partial charge is 0.108 e. The molecule has 0 aliphatic heterocycles. The molecule has 0 spiro atoms. The SMILES string of the molecule is CC(C)C1(N)CCC(C)(F)CC1. The summed E-state index contributed by atoms with van der Waals surface area (Å²) >= 11 is 0. The first-order valence-corrected chi connectivity index (χ1v) is 4.84. The van der Waals surface area contributed by atoms with Crippen molar-refractivity contribution in [1.29, 1.82) is 0 Å². The van der Waals surface area contributed by atoms with Gasteiger partial charge in [-0.15, -0.1) is 0 Å². The van der Waals surface area contributed by atoms with Gasteiger partial charge in [0.05, 0.1) is 0 Å². The van der Waals surface area contributed by atoms with E-state index in [1.165, 1.54) is 0 Å². The van der Waals surface area contributed by atoms with Gasteiger partial charge in [-0.3, -0.25) is 0 Å². The van der Waals surface area contributed by atoms with Gasteiger partial charge in [-0.1, -0.05) is 13.8 Å². The standard InChI is InChI=1S/C10H20FN/c1-8(2)10(12)6-4-9(3,11)5-7-10/h8H,4-7,12H2,1-3H3. The molecule has 0 aromatic carbocycles. The summed E-state index contributed by atoms with van der Waals surface area (Å²) in [6, 6.07) is 0. The van der Waals surface area contributed by atoms with Crippen molar-refractivity contribution in [3.63, 3.8) is 0 Å². The largest absolute Gasteiger partial charge is 0.325 e. The Morgan fingerprint density at radius 1 is 1.17 bits per heavy atom. The van der Waals surface area contributed by atoms with E-state index in [9.17, 15) is 4.39 Å². The van der Waals surface area contributed by atoms with E-state index in [0.29, 0.717) is 18.8 Å². The summed E-state index contributed by atoms with van der Waals surface area (Å²) in [5, 5.41) is 0. The Kier molecular flexibility index (Phi) is 2.48. The van der Waals surface area contributed by atoms with Gasteiger partial charge in [0.1, 0.15) is 5.67 Å². The molecule has 0 aromatic heterocycles. The van der Waals surface area contributed by atoms with Gasteiger partial charge < -0.3 is 5.73 Å². The molecule has 2 heteroatoms. The highest BCUT2D eigenvalue weighted by atomic mass is 19.1. The molecule has 1 fully saturated rings. The zero-order chi connectivity index (χ0) is 9.41. The highest BCUT2D eigenvalue weighted by molar-refractivity contribution is 4.96. The van der Waals surface area contributed by atoms with E-state index in [1.54, 1.807) is 6.92 Å². The monoisotopic (exact) mass is 173 g/mol. The summed E-state index contributed by atoms with van der Waals surface area (Å²) in [6.07, 6.45) is 2.92. The van der Waals surface area contributed by atoms with Crippen molar-refractivity contribution in [1.82, 2.24) is 0 Å². The van der Waals surface area contributed by atoms with E-state index in [1.807, 2.05) is 0 Å². The highest BCUT2D eigenvalue weighted by Gasteiger charge is 2.39. The van der Waals surface area contributed by atoms with Crippen LogP contribution in [0.3, 0.4) is 0 Å². The maximum atomic E-state index is 13.4. The van der Waals surface area contributed by atoms with Gasteiger partial charge in [-0.25, -0.2) is 4.39 Å². The highest BCUT2D eigenvalue weighted by Crippen LogP contribution is 2.39. The second-order valence-corrected chi connectivity index (χ2v) is 4.80. The van der Waals surface area contributed by atoms with Crippen LogP contribution in [0.4, 0.5) is 4.39 Å². The summed E-state index contributed by atoms with van der Waals surface area (Å²) in [5.74, 6) is 0.466. The maximum Gasteiger partial charge on any atom is 0.108 e. The minimum Gasteiger partial charge on any atom is -0.325 e. The van der Waals surface area contributed by atoms with Crippen LogP contribution >= 0.6 is 0 Å². The van der Waals surface area contributed by atoms with Crippen LogP contribution in [0.2, 0.25) is 0 Å². The van der Waals surface area contributed by atoms with E-state index in [0.717, 1.165) is 12.8 Å². The Morgan fingerprint density at radius 2 is 1.58 bits per heavy atom. The zero-order valence-electron chi connectivity index (χ0n) is 8.36. The molecule has 0 bridgehead atoms. The van der Waals surface area contributed by atoms with Crippen LogP contribution in [0, 0.1) is 5.92 Å². The molecule has 1 aliphatic carbocycles. The van der Waals surface area contributed by atoms with Gasteiger partial charge in [0.2, 0.25) is 0 Å². The Bertz CT molecular complexity index is 153. The maximum absolute atomic E-state index is 13.4. The summed E-state index contributed by atoms with van der Waals surface area (Å²) in [5.41, 5.74) is 5.09. The van der Waals surface area contributed by atoms with Crippen molar-refractivity contribution in [2.45, 2.75) is 57.7 Å². The predicted molar refractivity (Wildman–Crippen MR) is 49.7 cm³/mol. The lowest BCUT2D eigenvalue weighted by molar-refractivity contribution is 0.0727. The average molecular weight is 173 g/mol. The van der Waals surface area contributed by atoms with Crippen LogP contribution in [0.15, 0.2) is 0 Å². The van der Waals surface area contributed by atoms with Crippen molar-refractivity contribution >= 4 is 0 Å².